The molecule has 0 unspecified atom stereocenters. The molecule has 0 aliphatic rings. The molecule has 90 valence electrons. The van der Waals surface area contributed by atoms with Crippen LogP contribution in [0.3, 0.4) is 0 Å². The first-order valence-corrected chi connectivity index (χ1v) is 5.64. The molecule has 0 bridgehead atoms. The van der Waals surface area contributed by atoms with Crippen LogP contribution in [-0.2, 0) is 6.42 Å². The number of aliphatic hydroxyl groups is 1. The Morgan fingerprint density at radius 3 is 2.56 bits per heavy atom. The van der Waals surface area contributed by atoms with E-state index in [1.165, 1.54) is 20.3 Å². The zero-order valence-corrected chi connectivity index (χ0v) is 10.8. The Morgan fingerprint density at radius 1 is 1.38 bits per heavy atom. The minimum absolute atomic E-state index is 0.0280. The third kappa shape index (κ3) is 2.65. The molecule has 0 amide bonds. The number of ether oxygens (including phenoxy) is 2. The average molecular weight is 293 g/mol. The first-order chi connectivity index (χ1) is 7.65. The van der Waals surface area contributed by atoms with E-state index >= 15 is 0 Å². The van der Waals surface area contributed by atoms with E-state index in [2.05, 4.69) is 15.9 Å². The fraction of sp³-hybridized carbons (Fsp3) is 0.455. The van der Waals surface area contributed by atoms with Gasteiger partial charge in [-0.05, 0) is 28.8 Å². The lowest BCUT2D eigenvalue weighted by Gasteiger charge is -2.13. The van der Waals surface area contributed by atoms with Gasteiger partial charge < -0.3 is 14.6 Å². The summed E-state index contributed by atoms with van der Waals surface area (Å²) in [6.07, 6.45) is 0.953. The van der Waals surface area contributed by atoms with Crippen molar-refractivity contribution in [2.75, 3.05) is 20.8 Å². The molecule has 1 N–H and O–H groups in total. The van der Waals surface area contributed by atoms with Crippen molar-refractivity contribution in [2.24, 2.45) is 0 Å². The normalized spacial score (nSPS) is 10.3. The van der Waals surface area contributed by atoms with Gasteiger partial charge in [0.05, 0.1) is 18.7 Å². The minimum Gasteiger partial charge on any atom is -0.493 e. The summed E-state index contributed by atoms with van der Waals surface area (Å²) < 4.78 is 24.4. The highest BCUT2D eigenvalue weighted by atomic mass is 79.9. The molecule has 0 spiro atoms. The van der Waals surface area contributed by atoms with E-state index in [1.807, 2.05) is 0 Å². The number of methoxy groups -OCH3 is 2. The first-order valence-electron chi connectivity index (χ1n) is 4.85. The molecule has 1 aromatic rings. The Kier molecular flexibility index (Phi) is 5.02. The fourth-order valence-electron chi connectivity index (χ4n) is 1.44. The van der Waals surface area contributed by atoms with Crippen LogP contribution in [0, 0.1) is 5.82 Å². The summed E-state index contributed by atoms with van der Waals surface area (Å²) in [6, 6.07) is 1.29. The van der Waals surface area contributed by atoms with E-state index in [9.17, 15) is 4.39 Å². The highest BCUT2D eigenvalue weighted by molar-refractivity contribution is 9.10. The summed E-state index contributed by atoms with van der Waals surface area (Å²) in [5, 5.41) is 8.74. The van der Waals surface area contributed by atoms with Gasteiger partial charge in [0.25, 0.3) is 0 Å². The van der Waals surface area contributed by atoms with Crippen molar-refractivity contribution >= 4 is 15.9 Å². The van der Waals surface area contributed by atoms with Gasteiger partial charge in [-0.25, -0.2) is 4.39 Å². The minimum atomic E-state index is -0.363. The van der Waals surface area contributed by atoms with Crippen molar-refractivity contribution in [3.63, 3.8) is 0 Å². The van der Waals surface area contributed by atoms with Crippen LogP contribution in [0.25, 0.3) is 0 Å². The number of rotatable bonds is 5. The Balaban J connectivity index is 3.18. The predicted octanol–water partition coefficient (Wildman–Crippen LogP) is 2.53. The fourth-order valence-corrected chi connectivity index (χ4v) is 2.19. The third-order valence-electron chi connectivity index (χ3n) is 2.24. The molecule has 0 saturated carbocycles. The molecule has 0 radical (unpaired) electrons. The molecule has 1 aromatic carbocycles. The Bertz CT molecular complexity index is 369. The molecule has 5 heteroatoms. The van der Waals surface area contributed by atoms with Crippen molar-refractivity contribution in [1.29, 1.82) is 0 Å². The van der Waals surface area contributed by atoms with Crippen LogP contribution in [0.4, 0.5) is 4.39 Å². The second-order valence-electron chi connectivity index (χ2n) is 3.21. The number of hydrogen-bond donors (Lipinski definition) is 1. The summed E-state index contributed by atoms with van der Waals surface area (Å²) >= 11 is 3.29. The lowest BCUT2D eigenvalue weighted by atomic mass is 10.1. The summed E-state index contributed by atoms with van der Waals surface area (Å²) in [4.78, 5) is 0. The highest BCUT2D eigenvalue weighted by Gasteiger charge is 2.17. The van der Waals surface area contributed by atoms with E-state index in [-0.39, 0.29) is 12.4 Å². The molecule has 0 fully saturated rings. The molecule has 1 rings (SSSR count). The Labute approximate surface area is 102 Å². The lowest BCUT2D eigenvalue weighted by Crippen LogP contribution is -2.00. The number of benzene rings is 1. The summed E-state index contributed by atoms with van der Waals surface area (Å²) in [7, 11) is 2.95. The van der Waals surface area contributed by atoms with E-state index in [4.69, 9.17) is 14.6 Å². The van der Waals surface area contributed by atoms with E-state index in [0.29, 0.717) is 34.4 Å². The van der Waals surface area contributed by atoms with Crippen molar-refractivity contribution < 1.29 is 19.0 Å². The van der Waals surface area contributed by atoms with E-state index in [0.717, 1.165) is 0 Å². The molecule has 0 aromatic heterocycles. The van der Waals surface area contributed by atoms with Gasteiger partial charge in [-0.3, -0.25) is 0 Å². The summed E-state index contributed by atoms with van der Waals surface area (Å²) in [5.74, 6) is 0.453. The van der Waals surface area contributed by atoms with Gasteiger partial charge in [0, 0.05) is 18.2 Å². The van der Waals surface area contributed by atoms with Crippen molar-refractivity contribution in [3.8, 4) is 11.5 Å². The van der Waals surface area contributed by atoms with Gasteiger partial charge in [-0.2, -0.15) is 0 Å². The maximum Gasteiger partial charge on any atom is 0.175 e. The third-order valence-corrected chi connectivity index (χ3v) is 3.08. The topological polar surface area (TPSA) is 38.7 Å². The molecule has 0 atom stereocenters. The van der Waals surface area contributed by atoms with Crippen molar-refractivity contribution in [1.82, 2.24) is 0 Å². The van der Waals surface area contributed by atoms with Crippen LogP contribution >= 0.6 is 15.9 Å². The molecule has 0 aliphatic carbocycles. The van der Waals surface area contributed by atoms with Crippen molar-refractivity contribution in [2.45, 2.75) is 12.8 Å². The van der Waals surface area contributed by atoms with Crippen LogP contribution in [0.5, 0.6) is 11.5 Å². The molecule has 3 nitrogen and oxygen atoms in total. The van der Waals surface area contributed by atoms with Gasteiger partial charge >= 0.3 is 0 Å². The zero-order chi connectivity index (χ0) is 12.1. The van der Waals surface area contributed by atoms with Gasteiger partial charge in [-0.1, -0.05) is 0 Å². The van der Waals surface area contributed by atoms with Crippen LogP contribution in [0.2, 0.25) is 0 Å². The van der Waals surface area contributed by atoms with Gasteiger partial charge in [0.15, 0.2) is 11.5 Å². The lowest BCUT2D eigenvalue weighted by molar-refractivity contribution is 0.287. The summed E-state index contributed by atoms with van der Waals surface area (Å²) in [5.41, 5.74) is 0.492. The smallest absolute Gasteiger partial charge is 0.175 e. The standard InChI is InChI=1S/C11H14BrFO3/c1-15-9-6-8(13)7(4-3-5-14)10(12)11(9)16-2/h6,14H,3-5H2,1-2H3. The zero-order valence-electron chi connectivity index (χ0n) is 9.22. The van der Waals surface area contributed by atoms with E-state index < -0.39 is 0 Å². The first kappa shape index (κ1) is 13.3. The maximum atomic E-state index is 13.7. The second kappa shape index (κ2) is 6.06. The van der Waals surface area contributed by atoms with Crippen molar-refractivity contribution in [3.05, 3.63) is 21.9 Å². The van der Waals surface area contributed by atoms with Crippen LogP contribution in [-0.4, -0.2) is 25.9 Å². The second-order valence-corrected chi connectivity index (χ2v) is 4.01. The largest absolute Gasteiger partial charge is 0.493 e. The molecule has 16 heavy (non-hydrogen) atoms. The van der Waals surface area contributed by atoms with Gasteiger partial charge in [0.2, 0.25) is 0 Å². The van der Waals surface area contributed by atoms with Crippen LogP contribution in [0.1, 0.15) is 12.0 Å². The quantitative estimate of drug-likeness (QED) is 0.906. The number of aliphatic hydroxyl groups excluding tert-OH is 1. The number of halogens is 2. The average Bonchev–Trinajstić information content (AvgIpc) is 2.28. The van der Waals surface area contributed by atoms with E-state index in [1.54, 1.807) is 0 Å². The molecule has 0 heterocycles. The summed E-state index contributed by atoms with van der Waals surface area (Å²) in [6.45, 7) is 0.0280. The molecular weight excluding hydrogens is 279 g/mol. The molecular formula is C11H14BrFO3. The maximum absolute atomic E-state index is 13.7. The predicted molar refractivity (Wildman–Crippen MR) is 62.6 cm³/mol. The van der Waals surface area contributed by atoms with Crippen LogP contribution < -0.4 is 9.47 Å². The molecule has 0 aliphatic heterocycles. The van der Waals surface area contributed by atoms with Gasteiger partial charge in [-0.15, -0.1) is 0 Å². The Morgan fingerprint density at radius 2 is 2.06 bits per heavy atom. The monoisotopic (exact) mass is 292 g/mol. The SMILES string of the molecule is COc1cc(F)c(CCCO)c(Br)c1OC. The highest BCUT2D eigenvalue weighted by Crippen LogP contribution is 2.39. The van der Waals surface area contributed by atoms with Crippen LogP contribution in [0.15, 0.2) is 10.5 Å². The molecule has 0 saturated heterocycles. The Hall–Kier alpha value is -0.810. The number of hydrogen-bond acceptors (Lipinski definition) is 3. The van der Waals surface area contributed by atoms with Gasteiger partial charge in [0.1, 0.15) is 5.82 Å².